The van der Waals surface area contributed by atoms with Crippen LogP contribution in [0.3, 0.4) is 0 Å². The van der Waals surface area contributed by atoms with Crippen molar-refractivity contribution < 1.29 is 8.42 Å². The van der Waals surface area contributed by atoms with Gasteiger partial charge in [-0.1, -0.05) is 27.2 Å². The zero-order valence-electron chi connectivity index (χ0n) is 11.5. The van der Waals surface area contributed by atoms with Crippen LogP contribution in [-0.2, 0) is 9.84 Å². The second-order valence-corrected chi connectivity index (χ2v) is 8.20. The molecule has 1 rings (SSSR count). The van der Waals surface area contributed by atoms with Crippen LogP contribution in [0.4, 0.5) is 0 Å². The van der Waals surface area contributed by atoms with E-state index in [0.717, 1.165) is 19.4 Å². The van der Waals surface area contributed by atoms with Gasteiger partial charge in [-0.25, -0.2) is 8.42 Å². The van der Waals surface area contributed by atoms with Gasteiger partial charge in [-0.05, 0) is 31.1 Å². The lowest BCUT2D eigenvalue weighted by atomic mass is 9.66. The molecule has 0 bridgehead atoms. The summed E-state index contributed by atoms with van der Waals surface area (Å²) in [6.07, 6.45) is 5.72. The highest BCUT2D eigenvalue weighted by Crippen LogP contribution is 2.44. The molecule has 4 heteroatoms. The predicted molar refractivity (Wildman–Crippen MR) is 73.0 cm³/mol. The van der Waals surface area contributed by atoms with Gasteiger partial charge in [0.1, 0.15) is 9.84 Å². The number of hydrogen-bond donors (Lipinski definition) is 1. The molecule has 1 N–H and O–H groups in total. The van der Waals surface area contributed by atoms with E-state index in [0.29, 0.717) is 17.2 Å². The summed E-state index contributed by atoms with van der Waals surface area (Å²) in [7, 11) is -2.78. The summed E-state index contributed by atoms with van der Waals surface area (Å²) in [4.78, 5) is 0. The topological polar surface area (TPSA) is 46.2 Å². The highest BCUT2D eigenvalue weighted by Gasteiger charge is 2.36. The molecule has 102 valence electrons. The molecule has 0 amide bonds. The maximum Gasteiger partial charge on any atom is 0.150 e. The monoisotopic (exact) mass is 261 g/mol. The molecule has 1 aliphatic carbocycles. The van der Waals surface area contributed by atoms with Gasteiger partial charge in [-0.2, -0.15) is 0 Å². The minimum absolute atomic E-state index is 0.282. The Morgan fingerprint density at radius 3 is 2.35 bits per heavy atom. The fraction of sp³-hybridized carbons (Fsp3) is 1.00. The first kappa shape index (κ1) is 15.0. The SMILES string of the molecule is CCS(=O)(=O)CCCC1(CNC(C)C)CCC1. The Kier molecular flexibility index (Phi) is 5.45. The Bertz CT molecular complexity index is 318. The molecule has 0 atom stereocenters. The van der Waals surface area contributed by atoms with Crippen LogP contribution in [0.25, 0.3) is 0 Å². The zero-order valence-corrected chi connectivity index (χ0v) is 12.3. The number of nitrogens with one attached hydrogen (secondary N) is 1. The van der Waals surface area contributed by atoms with Gasteiger partial charge in [0.05, 0.1) is 5.75 Å². The lowest BCUT2D eigenvalue weighted by Crippen LogP contribution is -2.42. The first-order chi connectivity index (χ1) is 7.89. The Morgan fingerprint density at radius 2 is 1.94 bits per heavy atom. The lowest BCUT2D eigenvalue weighted by molar-refractivity contribution is 0.113. The fourth-order valence-electron chi connectivity index (χ4n) is 2.42. The predicted octanol–water partition coefficient (Wildman–Crippen LogP) is 2.37. The maximum atomic E-state index is 11.4. The van der Waals surface area contributed by atoms with Crippen LogP contribution in [0.15, 0.2) is 0 Å². The summed E-state index contributed by atoms with van der Waals surface area (Å²) < 4.78 is 22.9. The normalized spacial score (nSPS) is 19.3. The number of hydrogen-bond acceptors (Lipinski definition) is 3. The van der Waals surface area contributed by atoms with Crippen LogP contribution in [0.2, 0.25) is 0 Å². The van der Waals surface area contributed by atoms with Crippen molar-refractivity contribution in [3.8, 4) is 0 Å². The van der Waals surface area contributed by atoms with E-state index in [4.69, 9.17) is 0 Å². The van der Waals surface area contributed by atoms with Crippen molar-refractivity contribution in [3.63, 3.8) is 0 Å². The second-order valence-electron chi connectivity index (χ2n) is 5.73. The van der Waals surface area contributed by atoms with E-state index < -0.39 is 9.84 Å². The summed E-state index contributed by atoms with van der Waals surface area (Å²) in [6.45, 7) is 7.10. The van der Waals surface area contributed by atoms with Gasteiger partial charge < -0.3 is 5.32 Å². The smallest absolute Gasteiger partial charge is 0.150 e. The Hall–Kier alpha value is -0.0900. The maximum absolute atomic E-state index is 11.4. The molecule has 0 aromatic heterocycles. The van der Waals surface area contributed by atoms with Gasteiger partial charge in [0.2, 0.25) is 0 Å². The first-order valence-corrected chi connectivity index (χ1v) is 8.65. The van der Waals surface area contributed by atoms with Gasteiger partial charge in [0.15, 0.2) is 0 Å². The van der Waals surface area contributed by atoms with E-state index in [-0.39, 0.29) is 5.75 Å². The molecule has 0 heterocycles. The average Bonchev–Trinajstić information content (AvgIpc) is 2.20. The van der Waals surface area contributed by atoms with Crippen molar-refractivity contribution in [2.24, 2.45) is 5.41 Å². The van der Waals surface area contributed by atoms with Gasteiger partial charge >= 0.3 is 0 Å². The highest BCUT2D eigenvalue weighted by atomic mass is 32.2. The molecule has 0 saturated heterocycles. The molecule has 0 aliphatic heterocycles. The molecule has 0 spiro atoms. The van der Waals surface area contributed by atoms with Gasteiger partial charge in [-0.15, -0.1) is 0 Å². The molecule has 1 fully saturated rings. The molecule has 1 saturated carbocycles. The average molecular weight is 261 g/mol. The van der Waals surface area contributed by atoms with Gasteiger partial charge in [0, 0.05) is 18.3 Å². The molecule has 1 aliphatic rings. The van der Waals surface area contributed by atoms with Crippen molar-refractivity contribution in [2.45, 2.75) is 58.9 Å². The van der Waals surface area contributed by atoms with E-state index in [1.807, 2.05) is 0 Å². The minimum atomic E-state index is -2.78. The van der Waals surface area contributed by atoms with E-state index in [1.165, 1.54) is 19.3 Å². The van der Waals surface area contributed by atoms with Crippen molar-refractivity contribution in [2.75, 3.05) is 18.1 Å². The Labute approximate surface area is 106 Å². The summed E-state index contributed by atoms with van der Waals surface area (Å²) in [5.41, 5.74) is 0.396. The molecule has 0 unspecified atom stereocenters. The third kappa shape index (κ3) is 4.96. The highest BCUT2D eigenvalue weighted by molar-refractivity contribution is 7.91. The quantitative estimate of drug-likeness (QED) is 0.729. The third-order valence-corrected chi connectivity index (χ3v) is 5.69. The summed E-state index contributed by atoms with van der Waals surface area (Å²) >= 11 is 0. The minimum Gasteiger partial charge on any atom is -0.314 e. The molecular formula is C13H27NO2S. The van der Waals surface area contributed by atoms with Gasteiger partial charge in [-0.3, -0.25) is 0 Å². The van der Waals surface area contributed by atoms with E-state index in [9.17, 15) is 8.42 Å². The lowest BCUT2D eigenvalue weighted by Gasteiger charge is -2.43. The van der Waals surface area contributed by atoms with Crippen LogP contribution in [0, 0.1) is 5.41 Å². The van der Waals surface area contributed by atoms with Crippen LogP contribution in [0.5, 0.6) is 0 Å². The summed E-state index contributed by atoms with van der Waals surface area (Å²) in [5, 5.41) is 3.50. The van der Waals surface area contributed by atoms with Crippen LogP contribution < -0.4 is 5.32 Å². The molecule has 0 aromatic rings. The van der Waals surface area contributed by atoms with Crippen molar-refractivity contribution >= 4 is 9.84 Å². The Morgan fingerprint density at radius 1 is 1.29 bits per heavy atom. The van der Waals surface area contributed by atoms with Crippen molar-refractivity contribution in [1.29, 1.82) is 0 Å². The standard InChI is InChI=1S/C13H27NO2S/c1-4-17(15,16)10-6-9-13(7-5-8-13)11-14-12(2)3/h12,14H,4-11H2,1-3H3. The summed E-state index contributed by atoms with van der Waals surface area (Å²) in [6, 6.07) is 0.520. The van der Waals surface area contributed by atoms with Crippen LogP contribution in [-0.4, -0.2) is 32.5 Å². The van der Waals surface area contributed by atoms with Gasteiger partial charge in [0.25, 0.3) is 0 Å². The molecule has 3 nitrogen and oxygen atoms in total. The molecule has 17 heavy (non-hydrogen) atoms. The van der Waals surface area contributed by atoms with Crippen LogP contribution in [0.1, 0.15) is 52.9 Å². The first-order valence-electron chi connectivity index (χ1n) is 6.83. The fourth-order valence-corrected chi connectivity index (χ4v) is 3.30. The molecule has 0 radical (unpaired) electrons. The van der Waals surface area contributed by atoms with E-state index in [2.05, 4.69) is 19.2 Å². The zero-order chi connectivity index (χ0) is 12.9. The number of sulfone groups is 1. The summed E-state index contributed by atoms with van der Waals surface area (Å²) in [5.74, 6) is 0.650. The molecular weight excluding hydrogens is 234 g/mol. The molecule has 0 aromatic carbocycles. The van der Waals surface area contributed by atoms with Crippen molar-refractivity contribution in [1.82, 2.24) is 5.32 Å². The van der Waals surface area contributed by atoms with E-state index in [1.54, 1.807) is 6.92 Å². The largest absolute Gasteiger partial charge is 0.314 e. The third-order valence-electron chi connectivity index (χ3n) is 3.90. The van der Waals surface area contributed by atoms with Crippen LogP contribution >= 0.6 is 0 Å². The second kappa shape index (κ2) is 6.19. The van der Waals surface area contributed by atoms with E-state index >= 15 is 0 Å². The Balaban J connectivity index is 2.32. The van der Waals surface area contributed by atoms with Crippen molar-refractivity contribution in [3.05, 3.63) is 0 Å². The number of rotatable bonds is 8.